The van der Waals surface area contributed by atoms with Crippen molar-refractivity contribution in [2.75, 3.05) is 20.3 Å². The molecule has 1 heterocycles. The number of epoxide rings is 1. The van der Waals surface area contributed by atoms with Crippen LogP contribution in [-0.4, -0.2) is 37.9 Å². The second kappa shape index (κ2) is 31.9. The minimum atomic E-state index is 0.667. The summed E-state index contributed by atoms with van der Waals surface area (Å²) >= 11 is 0. The van der Waals surface area contributed by atoms with Gasteiger partial charge in [-0.2, -0.15) is 0 Å². The fraction of sp³-hybridized carbons (Fsp3) is 0.844. The van der Waals surface area contributed by atoms with E-state index >= 15 is 0 Å². The fourth-order valence-corrected chi connectivity index (χ4v) is 4.41. The molecule has 1 saturated carbocycles. The van der Waals surface area contributed by atoms with Crippen LogP contribution in [0.15, 0.2) is 23.8 Å². The SMILES string of the molecule is C=C(C)CC(C)CC(C)CCNC=O.CC.CC.CC=C(C)C.CCC1CCCCC1C1CO1.CO. The maximum absolute atomic E-state index is 10.0. The molecule has 0 spiro atoms. The molecule has 1 saturated heterocycles. The number of aliphatic hydroxyl groups excluding tert-OH is 1. The predicted octanol–water partition coefficient (Wildman–Crippen LogP) is 8.99. The zero-order valence-corrected chi connectivity index (χ0v) is 26.6. The average molecular weight is 514 g/mol. The molecule has 0 radical (unpaired) electrons. The van der Waals surface area contributed by atoms with Crippen LogP contribution in [0.25, 0.3) is 0 Å². The smallest absolute Gasteiger partial charge is 0.207 e. The molecule has 4 heteroatoms. The fourth-order valence-electron chi connectivity index (χ4n) is 4.41. The van der Waals surface area contributed by atoms with Crippen molar-refractivity contribution >= 4 is 6.41 Å². The largest absolute Gasteiger partial charge is 0.400 e. The third-order valence-electron chi connectivity index (χ3n) is 6.27. The Morgan fingerprint density at radius 3 is 1.94 bits per heavy atom. The molecule has 2 rings (SSSR count). The lowest BCUT2D eigenvalue weighted by atomic mass is 9.76. The Morgan fingerprint density at radius 1 is 1.06 bits per heavy atom. The molecule has 1 aliphatic heterocycles. The van der Waals surface area contributed by atoms with Crippen LogP contribution in [0.4, 0.5) is 0 Å². The van der Waals surface area contributed by atoms with Crippen LogP contribution in [0.3, 0.4) is 0 Å². The molecule has 1 amide bonds. The summed E-state index contributed by atoms with van der Waals surface area (Å²) in [5, 5.41) is 9.70. The normalized spacial score (nSPS) is 20.5. The molecule has 0 aromatic heterocycles. The van der Waals surface area contributed by atoms with Crippen LogP contribution in [0.1, 0.15) is 128 Å². The van der Waals surface area contributed by atoms with Crippen molar-refractivity contribution in [3.63, 3.8) is 0 Å². The van der Waals surface area contributed by atoms with Crippen LogP contribution in [-0.2, 0) is 9.53 Å². The van der Waals surface area contributed by atoms with Gasteiger partial charge >= 0.3 is 0 Å². The van der Waals surface area contributed by atoms with Crippen LogP contribution in [0.5, 0.6) is 0 Å². The average Bonchev–Trinajstić information content (AvgIpc) is 3.73. The van der Waals surface area contributed by atoms with Gasteiger partial charge in [-0.25, -0.2) is 0 Å². The lowest BCUT2D eigenvalue weighted by Crippen LogP contribution is -2.23. The monoisotopic (exact) mass is 514 g/mol. The van der Waals surface area contributed by atoms with E-state index < -0.39 is 0 Å². The molecule has 2 N–H and O–H groups in total. The minimum absolute atomic E-state index is 0.667. The second-order valence-corrected chi connectivity index (χ2v) is 9.82. The number of ether oxygens (including phenoxy) is 1. The number of nitrogens with one attached hydrogen (secondary N) is 1. The van der Waals surface area contributed by atoms with Gasteiger partial charge in [-0.1, -0.05) is 91.4 Å². The Balaban J connectivity index is -0.000000206. The summed E-state index contributed by atoms with van der Waals surface area (Å²) in [5.41, 5.74) is 2.64. The van der Waals surface area contributed by atoms with Gasteiger partial charge < -0.3 is 15.2 Å². The molecule has 0 bridgehead atoms. The van der Waals surface area contributed by atoms with Crippen LogP contribution in [0.2, 0.25) is 0 Å². The molecule has 4 nitrogen and oxygen atoms in total. The van der Waals surface area contributed by atoms with E-state index in [1.807, 2.05) is 34.6 Å². The summed E-state index contributed by atoms with van der Waals surface area (Å²) in [6, 6.07) is 0. The van der Waals surface area contributed by atoms with E-state index in [1.165, 1.54) is 49.7 Å². The summed E-state index contributed by atoms with van der Waals surface area (Å²) in [4.78, 5) is 10.0. The van der Waals surface area contributed by atoms with Gasteiger partial charge in [-0.05, 0) is 77.0 Å². The van der Waals surface area contributed by atoms with Crippen LogP contribution < -0.4 is 5.32 Å². The highest BCUT2D eigenvalue weighted by atomic mass is 16.6. The molecule has 0 aromatic carbocycles. The first-order chi connectivity index (χ1) is 17.2. The molecule has 2 fully saturated rings. The zero-order chi connectivity index (χ0) is 28.9. The number of hydrogen-bond donors (Lipinski definition) is 2. The quantitative estimate of drug-likeness (QED) is 0.133. The Kier molecular flexibility index (Phi) is 37.2. The van der Waals surface area contributed by atoms with Gasteiger partial charge in [-0.3, -0.25) is 4.79 Å². The van der Waals surface area contributed by atoms with Gasteiger partial charge in [0.2, 0.25) is 6.41 Å². The van der Waals surface area contributed by atoms with Crippen LogP contribution in [0, 0.1) is 23.7 Å². The van der Waals surface area contributed by atoms with E-state index in [0.717, 1.165) is 51.3 Å². The maximum Gasteiger partial charge on any atom is 0.207 e. The van der Waals surface area contributed by atoms with E-state index in [4.69, 9.17) is 9.84 Å². The third-order valence-corrected chi connectivity index (χ3v) is 6.27. The summed E-state index contributed by atoms with van der Waals surface area (Å²) in [6.07, 6.45) is 14.1. The number of rotatable bonds is 10. The number of amides is 1. The predicted molar refractivity (Wildman–Crippen MR) is 162 cm³/mol. The first-order valence-electron chi connectivity index (χ1n) is 14.7. The second-order valence-electron chi connectivity index (χ2n) is 9.82. The highest BCUT2D eigenvalue weighted by Crippen LogP contribution is 2.39. The van der Waals surface area contributed by atoms with Gasteiger partial charge in [-0.15, -0.1) is 6.58 Å². The van der Waals surface area contributed by atoms with Crippen molar-refractivity contribution in [3.8, 4) is 0 Å². The van der Waals surface area contributed by atoms with Gasteiger partial charge in [0.15, 0.2) is 0 Å². The summed E-state index contributed by atoms with van der Waals surface area (Å²) in [5.74, 6) is 3.29. The molecule has 0 aromatic rings. The molecule has 1 aliphatic carbocycles. The maximum atomic E-state index is 10.0. The van der Waals surface area contributed by atoms with Crippen molar-refractivity contribution in [1.29, 1.82) is 0 Å². The van der Waals surface area contributed by atoms with E-state index in [2.05, 4.69) is 59.5 Å². The van der Waals surface area contributed by atoms with E-state index in [0.29, 0.717) is 17.9 Å². The number of carbonyl (C=O) groups excluding carboxylic acids is 1. The van der Waals surface area contributed by atoms with Gasteiger partial charge in [0, 0.05) is 13.7 Å². The number of aliphatic hydroxyl groups is 1. The Bertz CT molecular complexity index is 482. The third kappa shape index (κ3) is 29.1. The molecular formula is C32H67NO3. The molecule has 36 heavy (non-hydrogen) atoms. The highest BCUT2D eigenvalue weighted by Gasteiger charge is 2.38. The van der Waals surface area contributed by atoms with Crippen LogP contribution >= 0.6 is 0 Å². The number of carbonyl (C=O) groups is 1. The molecule has 2 aliphatic rings. The molecule has 5 unspecified atom stereocenters. The van der Waals surface area contributed by atoms with Gasteiger partial charge in [0.05, 0.1) is 12.7 Å². The standard InChI is InChI=1S/C12H23NO.C10H18O.C5H10.2C2H6.CH4O/c1-10(2)7-12(4)8-11(3)5-6-13-9-14;1-2-8-5-3-4-6-9(8)10-7-11-10;1-4-5(2)3;3*1-2/h9,11-12H,1,5-8H2,2-4H3,(H,13,14);8-10H,2-7H2,1H3;4H,1-3H3;2*1-2H3;2H,1H3. The summed E-state index contributed by atoms with van der Waals surface area (Å²) in [6.45, 7) is 28.9. The van der Waals surface area contributed by atoms with Crippen molar-refractivity contribution in [1.82, 2.24) is 5.32 Å². The number of allylic oxidation sites excluding steroid dienone is 3. The van der Waals surface area contributed by atoms with E-state index in [-0.39, 0.29) is 0 Å². The highest BCUT2D eigenvalue weighted by molar-refractivity contribution is 5.45. The van der Waals surface area contributed by atoms with Crippen molar-refractivity contribution < 1.29 is 14.6 Å². The Hall–Kier alpha value is -1.13. The lowest BCUT2D eigenvalue weighted by molar-refractivity contribution is -0.109. The topological polar surface area (TPSA) is 61.9 Å². The van der Waals surface area contributed by atoms with Gasteiger partial charge in [0.1, 0.15) is 0 Å². The zero-order valence-electron chi connectivity index (χ0n) is 26.6. The summed E-state index contributed by atoms with van der Waals surface area (Å²) in [7, 11) is 1.00. The molecule has 218 valence electrons. The lowest BCUT2D eigenvalue weighted by Gasteiger charge is -2.29. The molecule has 5 atom stereocenters. The Labute approximate surface area is 227 Å². The first kappa shape index (κ1) is 42.0. The molecular weight excluding hydrogens is 446 g/mol. The van der Waals surface area contributed by atoms with E-state index in [1.54, 1.807) is 0 Å². The van der Waals surface area contributed by atoms with E-state index in [9.17, 15) is 4.79 Å². The minimum Gasteiger partial charge on any atom is -0.400 e. The Morgan fingerprint density at radius 2 is 1.56 bits per heavy atom. The summed E-state index contributed by atoms with van der Waals surface area (Å²) < 4.78 is 5.38. The van der Waals surface area contributed by atoms with Crippen molar-refractivity contribution in [3.05, 3.63) is 23.8 Å². The van der Waals surface area contributed by atoms with Crippen molar-refractivity contribution in [2.45, 2.75) is 134 Å². The number of hydrogen-bond acceptors (Lipinski definition) is 3. The van der Waals surface area contributed by atoms with Crippen molar-refractivity contribution in [2.24, 2.45) is 23.7 Å². The van der Waals surface area contributed by atoms with Gasteiger partial charge in [0.25, 0.3) is 0 Å². The first-order valence-corrected chi connectivity index (χ1v) is 14.7.